The van der Waals surface area contributed by atoms with E-state index >= 15 is 0 Å². The van der Waals surface area contributed by atoms with E-state index in [9.17, 15) is 9.90 Å². The van der Waals surface area contributed by atoms with Gasteiger partial charge in [0.15, 0.2) is 0 Å². The van der Waals surface area contributed by atoms with Crippen molar-refractivity contribution in [2.24, 2.45) is 7.05 Å². The molecule has 0 aliphatic rings. The second-order valence-corrected chi connectivity index (χ2v) is 5.14. The summed E-state index contributed by atoms with van der Waals surface area (Å²) in [6.45, 7) is 2.23. The molecule has 2 rings (SSSR count). The summed E-state index contributed by atoms with van der Waals surface area (Å²) in [5.74, 6) is -0.452. The van der Waals surface area contributed by atoms with Crippen LogP contribution in [0.1, 0.15) is 21.6 Å². The number of aryl methyl sites for hydroxylation is 2. The molecule has 1 aromatic carbocycles. The Bertz CT molecular complexity index is 622. The van der Waals surface area contributed by atoms with E-state index in [1.54, 1.807) is 18.7 Å². The fourth-order valence-corrected chi connectivity index (χ4v) is 2.40. The van der Waals surface area contributed by atoms with Crippen LogP contribution in [0.2, 0.25) is 0 Å². The maximum atomic E-state index is 11.2. The normalized spacial score (nSPS) is 10.5. The molecule has 0 aliphatic carbocycles. The molecule has 1 heterocycles. The maximum Gasteiger partial charge on any atom is 0.341 e. The summed E-state index contributed by atoms with van der Waals surface area (Å²) >= 11 is 3.41. The van der Waals surface area contributed by atoms with Crippen molar-refractivity contribution in [3.63, 3.8) is 0 Å². The van der Waals surface area contributed by atoms with E-state index in [4.69, 9.17) is 0 Å². The quantitative estimate of drug-likeness (QED) is 0.907. The Morgan fingerprint density at radius 2 is 2.26 bits per heavy atom. The average Bonchev–Trinajstić information content (AvgIpc) is 2.61. The highest BCUT2D eigenvalue weighted by Gasteiger charge is 2.19. The Morgan fingerprint density at radius 1 is 1.53 bits per heavy atom. The van der Waals surface area contributed by atoms with Crippen LogP contribution >= 0.6 is 15.9 Å². The third-order valence-electron chi connectivity index (χ3n) is 2.79. The molecule has 0 fully saturated rings. The fraction of sp³-hybridized carbons (Fsp3) is 0.231. The van der Waals surface area contributed by atoms with Crippen LogP contribution < -0.4 is 5.32 Å². The first-order chi connectivity index (χ1) is 8.99. The molecule has 0 unspecified atom stereocenters. The SMILES string of the molecule is Cc1nn(C)c(NCc2cccc(Br)c2)c1C(=O)O. The number of carbonyl (C=O) groups is 1. The number of halogens is 1. The number of carboxylic acid groups (broad SMARTS) is 1. The highest BCUT2D eigenvalue weighted by molar-refractivity contribution is 9.10. The predicted octanol–water partition coefficient (Wildman–Crippen LogP) is 2.80. The van der Waals surface area contributed by atoms with Gasteiger partial charge >= 0.3 is 5.97 Å². The third kappa shape index (κ3) is 2.96. The molecule has 2 aromatic rings. The molecule has 100 valence electrons. The fourth-order valence-electron chi connectivity index (χ4n) is 1.95. The molecule has 6 heteroatoms. The highest BCUT2D eigenvalue weighted by atomic mass is 79.9. The number of anilines is 1. The summed E-state index contributed by atoms with van der Waals surface area (Å²) in [7, 11) is 1.72. The van der Waals surface area contributed by atoms with Gasteiger partial charge in [0.25, 0.3) is 0 Å². The molecule has 0 atom stereocenters. The van der Waals surface area contributed by atoms with Crippen molar-refractivity contribution < 1.29 is 9.90 Å². The Kier molecular flexibility index (Phi) is 3.90. The van der Waals surface area contributed by atoms with Gasteiger partial charge in [-0.15, -0.1) is 0 Å². The van der Waals surface area contributed by atoms with Crippen molar-refractivity contribution in [2.75, 3.05) is 5.32 Å². The van der Waals surface area contributed by atoms with Gasteiger partial charge in [-0.3, -0.25) is 4.68 Å². The largest absolute Gasteiger partial charge is 0.477 e. The first kappa shape index (κ1) is 13.6. The third-order valence-corrected chi connectivity index (χ3v) is 3.28. The Balaban J connectivity index is 2.22. The molecule has 0 bridgehead atoms. The molecule has 2 N–H and O–H groups in total. The van der Waals surface area contributed by atoms with Crippen LogP contribution in [-0.2, 0) is 13.6 Å². The van der Waals surface area contributed by atoms with E-state index in [1.165, 1.54) is 0 Å². The lowest BCUT2D eigenvalue weighted by Crippen LogP contribution is -2.09. The minimum atomic E-state index is -0.970. The van der Waals surface area contributed by atoms with E-state index in [-0.39, 0.29) is 5.56 Å². The van der Waals surface area contributed by atoms with Crippen LogP contribution in [0.25, 0.3) is 0 Å². The molecule has 19 heavy (non-hydrogen) atoms. The summed E-state index contributed by atoms with van der Waals surface area (Å²) < 4.78 is 2.54. The Labute approximate surface area is 119 Å². The highest BCUT2D eigenvalue weighted by Crippen LogP contribution is 2.20. The standard InChI is InChI=1S/C13H14BrN3O2/c1-8-11(13(18)19)12(17(2)16-8)15-7-9-4-3-5-10(14)6-9/h3-6,15H,7H2,1-2H3,(H,18,19). The predicted molar refractivity (Wildman–Crippen MR) is 76.4 cm³/mol. The second kappa shape index (κ2) is 5.44. The van der Waals surface area contributed by atoms with Crippen LogP contribution in [0.4, 0.5) is 5.82 Å². The van der Waals surface area contributed by atoms with E-state index in [1.807, 2.05) is 24.3 Å². The molecule has 0 saturated heterocycles. The molecule has 5 nitrogen and oxygen atoms in total. The minimum absolute atomic E-state index is 0.220. The van der Waals surface area contributed by atoms with E-state index in [0.717, 1.165) is 10.0 Å². The first-order valence-electron chi connectivity index (χ1n) is 5.74. The molecule has 0 spiro atoms. The van der Waals surface area contributed by atoms with Gasteiger partial charge in [-0.05, 0) is 24.6 Å². The van der Waals surface area contributed by atoms with Crippen LogP contribution in [0.15, 0.2) is 28.7 Å². The molecule has 1 aromatic heterocycles. The van der Waals surface area contributed by atoms with Crippen LogP contribution in [0.3, 0.4) is 0 Å². The van der Waals surface area contributed by atoms with Gasteiger partial charge in [-0.1, -0.05) is 28.1 Å². The maximum absolute atomic E-state index is 11.2. The van der Waals surface area contributed by atoms with Gasteiger partial charge in [-0.25, -0.2) is 4.79 Å². The number of nitrogens with one attached hydrogen (secondary N) is 1. The lowest BCUT2D eigenvalue weighted by molar-refractivity contribution is 0.0697. The van der Waals surface area contributed by atoms with Gasteiger partial charge in [0, 0.05) is 18.1 Å². The average molecular weight is 324 g/mol. The van der Waals surface area contributed by atoms with E-state index in [0.29, 0.717) is 18.1 Å². The molecule has 0 saturated carbocycles. The van der Waals surface area contributed by atoms with Gasteiger partial charge in [0.2, 0.25) is 0 Å². The van der Waals surface area contributed by atoms with Crippen molar-refractivity contribution in [3.05, 3.63) is 45.6 Å². The molecule has 0 radical (unpaired) electrons. The van der Waals surface area contributed by atoms with Crippen LogP contribution in [0, 0.1) is 6.92 Å². The molecular weight excluding hydrogens is 310 g/mol. The number of hydrogen-bond donors (Lipinski definition) is 2. The monoisotopic (exact) mass is 323 g/mol. The topological polar surface area (TPSA) is 67.2 Å². The second-order valence-electron chi connectivity index (χ2n) is 4.22. The first-order valence-corrected chi connectivity index (χ1v) is 6.53. The van der Waals surface area contributed by atoms with Crippen molar-refractivity contribution in [3.8, 4) is 0 Å². The Morgan fingerprint density at radius 3 is 2.89 bits per heavy atom. The zero-order valence-corrected chi connectivity index (χ0v) is 12.2. The summed E-state index contributed by atoms with van der Waals surface area (Å²) in [5.41, 5.74) is 1.79. The van der Waals surface area contributed by atoms with Gasteiger partial charge in [0.1, 0.15) is 11.4 Å². The van der Waals surface area contributed by atoms with Crippen molar-refractivity contribution in [2.45, 2.75) is 13.5 Å². The van der Waals surface area contributed by atoms with E-state index in [2.05, 4.69) is 26.3 Å². The van der Waals surface area contributed by atoms with Gasteiger partial charge in [0.05, 0.1) is 5.69 Å². The van der Waals surface area contributed by atoms with Crippen LogP contribution in [0.5, 0.6) is 0 Å². The summed E-state index contributed by atoms with van der Waals surface area (Å²) in [5, 5.41) is 16.5. The van der Waals surface area contributed by atoms with Gasteiger partial charge in [-0.2, -0.15) is 5.10 Å². The summed E-state index contributed by atoms with van der Waals surface area (Å²) in [6.07, 6.45) is 0. The number of rotatable bonds is 4. The van der Waals surface area contributed by atoms with Crippen molar-refractivity contribution >= 4 is 27.7 Å². The number of carboxylic acids is 1. The summed E-state index contributed by atoms with van der Waals surface area (Å²) in [6, 6.07) is 7.84. The smallest absolute Gasteiger partial charge is 0.341 e. The minimum Gasteiger partial charge on any atom is -0.477 e. The van der Waals surface area contributed by atoms with Gasteiger partial charge < -0.3 is 10.4 Å². The number of aromatic nitrogens is 2. The van der Waals surface area contributed by atoms with Crippen molar-refractivity contribution in [1.82, 2.24) is 9.78 Å². The van der Waals surface area contributed by atoms with Crippen molar-refractivity contribution in [1.29, 1.82) is 0 Å². The lowest BCUT2D eigenvalue weighted by atomic mass is 10.2. The lowest BCUT2D eigenvalue weighted by Gasteiger charge is -2.08. The molecular formula is C13H14BrN3O2. The zero-order chi connectivity index (χ0) is 14.0. The summed E-state index contributed by atoms with van der Waals surface area (Å²) in [4.78, 5) is 11.2. The Hall–Kier alpha value is -1.82. The molecule has 0 aliphatic heterocycles. The van der Waals surface area contributed by atoms with E-state index < -0.39 is 5.97 Å². The number of aromatic carboxylic acids is 1. The van der Waals surface area contributed by atoms with Crippen LogP contribution in [-0.4, -0.2) is 20.9 Å². The zero-order valence-electron chi connectivity index (χ0n) is 10.6. The number of nitrogens with zero attached hydrogens (tertiary/aromatic N) is 2. The number of benzene rings is 1. The molecule has 0 amide bonds. The number of hydrogen-bond acceptors (Lipinski definition) is 3.